The summed E-state index contributed by atoms with van der Waals surface area (Å²) in [5.74, 6) is -0.691. The van der Waals surface area contributed by atoms with Crippen molar-refractivity contribution in [3.05, 3.63) is 89.8 Å². The van der Waals surface area contributed by atoms with Crippen LogP contribution in [0.15, 0.2) is 73.1 Å². The molecule has 4 aliphatic rings. The molecule has 1 aromatic heterocycles. The number of imide groups is 2. The van der Waals surface area contributed by atoms with Crippen LogP contribution in [0.25, 0.3) is 0 Å². The summed E-state index contributed by atoms with van der Waals surface area (Å²) in [5, 5.41) is 18.2. The summed E-state index contributed by atoms with van der Waals surface area (Å²) >= 11 is 0. The number of amides is 5. The monoisotopic (exact) mass is 923 g/mol. The van der Waals surface area contributed by atoms with Gasteiger partial charge in [0, 0.05) is 69.1 Å². The number of para-hydroxylation sites is 1. The fraction of sp³-hybridized carbons (Fsp3) is 0.490. The maximum absolute atomic E-state index is 13.2. The van der Waals surface area contributed by atoms with Crippen LogP contribution in [-0.2, 0) is 28.6 Å². The molecule has 67 heavy (non-hydrogen) atoms. The zero-order chi connectivity index (χ0) is 47.0. The number of carbonyl (C=O) groups excluding carboxylic acids is 6. The highest BCUT2D eigenvalue weighted by molar-refractivity contribution is 6.25. The van der Waals surface area contributed by atoms with Crippen molar-refractivity contribution in [3.63, 3.8) is 0 Å². The van der Waals surface area contributed by atoms with Gasteiger partial charge < -0.3 is 44.5 Å². The summed E-state index contributed by atoms with van der Waals surface area (Å²) < 4.78 is 22.7. The summed E-state index contributed by atoms with van der Waals surface area (Å²) in [4.78, 5) is 85.0. The smallest absolute Gasteiger partial charge is 0.264 e. The first-order valence-corrected chi connectivity index (χ1v) is 23.4. The Morgan fingerprint density at radius 2 is 1.54 bits per heavy atom. The Morgan fingerprint density at radius 3 is 2.27 bits per heavy atom. The van der Waals surface area contributed by atoms with Crippen molar-refractivity contribution in [1.82, 2.24) is 25.4 Å². The van der Waals surface area contributed by atoms with Crippen LogP contribution in [0.3, 0.4) is 0 Å². The van der Waals surface area contributed by atoms with Gasteiger partial charge in [0.05, 0.1) is 69.1 Å². The maximum atomic E-state index is 13.2. The van der Waals surface area contributed by atoms with E-state index in [0.29, 0.717) is 89.1 Å². The predicted molar refractivity (Wildman–Crippen MR) is 247 cm³/mol. The quantitative estimate of drug-likeness (QED) is 0.0347. The number of piperazine rings is 1. The van der Waals surface area contributed by atoms with Crippen molar-refractivity contribution in [2.45, 2.75) is 82.3 Å². The van der Waals surface area contributed by atoms with Crippen LogP contribution in [-0.4, -0.2) is 146 Å². The number of phenolic OH excluding ortho intramolecular Hbond substituents is 1. The molecule has 0 radical (unpaired) electrons. The number of unbranched alkanes of at least 4 members (excludes halogenated alkanes) is 5. The summed E-state index contributed by atoms with van der Waals surface area (Å²) in [6.45, 7) is 5.32. The van der Waals surface area contributed by atoms with E-state index >= 15 is 0 Å². The molecule has 0 aliphatic carbocycles. The Hall–Kier alpha value is -6.37. The van der Waals surface area contributed by atoms with Crippen LogP contribution in [0.1, 0.15) is 95.3 Å². The molecule has 3 aromatic rings. The van der Waals surface area contributed by atoms with E-state index in [1.165, 1.54) is 6.07 Å². The fourth-order valence-electron chi connectivity index (χ4n) is 8.82. The Balaban J connectivity index is 0.627. The summed E-state index contributed by atoms with van der Waals surface area (Å²) in [5.41, 5.74) is 1.19. The first-order chi connectivity index (χ1) is 32.7. The number of pyridine rings is 1. The number of benzene rings is 2. The molecule has 5 amide bonds. The van der Waals surface area contributed by atoms with Gasteiger partial charge in [-0.05, 0) is 62.1 Å². The maximum Gasteiger partial charge on any atom is 0.264 e. The molecule has 358 valence electrons. The minimum atomic E-state index is -1.02. The Morgan fingerprint density at radius 1 is 0.791 bits per heavy atom. The van der Waals surface area contributed by atoms with Crippen molar-refractivity contribution < 1.29 is 52.8 Å². The van der Waals surface area contributed by atoms with Crippen molar-refractivity contribution in [2.75, 3.05) is 82.6 Å². The number of hydrogen-bond donors (Lipinski definition) is 4. The molecule has 4 aliphatic heterocycles. The van der Waals surface area contributed by atoms with Crippen LogP contribution >= 0.6 is 0 Å². The van der Waals surface area contributed by atoms with Crippen molar-refractivity contribution in [3.8, 4) is 11.5 Å². The molecule has 2 bridgehead atoms. The number of aromatic hydroxyl groups is 1. The highest BCUT2D eigenvalue weighted by atomic mass is 16.5. The second-order valence-electron chi connectivity index (χ2n) is 17.0. The number of anilines is 2. The van der Waals surface area contributed by atoms with E-state index in [2.05, 4.69) is 30.7 Å². The number of rotatable bonds is 28. The number of ketones is 1. The van der Waals surface area contributed by atoms with Crippen LogP contribution < -0.4 is 25.6 Å². The van der Waals surface area contributed by atoms with Gasteiger partial charge in [0.15, 0.2) is 5.78 Å². The number of nitrogens with one attached hydrogen (secondary N) is 3. The predicted octanol–water partition coefficient (Wildman–Crippen LogP) is 4.24. The standard InChI is InChI=1S/C49H61N7O11/c57-41-13-7-6-10-37(41)42(58)19-22-54-32-35-30-34(54)33-55(35)43-17-15-36(31-52-43)67-23-8-4-2-1-3-5-14-44(59)51-21-25-65-27-29-66-28-26-64-24-20-50-39-12-9-11-38-46(39)49(63)56(48(38)62)40-16-18-45(60)53-47(40)61/h6-7,9-13,15,17,19,22,31,34-35,40,50,57H,1-5,8,14,16,18,20-21,23-30,32-33H2,(H,51,59)(H,53,60,61)/b22-19+/t34-,35-,40?/m1/s1. The van der Waals surface area contributed by atoms with Gasteiger partial charge in [-0.15, -0.1) is 0 Å². The molecule has 3 atom stereocenters. The molecule has 7 rings (SSSR count). The molecule has 5 heterocycles. The van der Waals surface area contributed by atoms with Gasteiger partial charge in [0.25, 0.3) is 11.8 Å². The second kappa shape index (κ2) is 24.4. The third-order valence-electron chi connectivity index (χ3n) is 12.3. The number of hydrogen-bond acceptors (Lipinski definition) is 15. The topological polar surface area (TPSA) is 218 Å². The number of aromatic nitrogens is 1. The third kappa shape index (κ3) is 13.2. The highest BCUT2D eigenvalue weighted by Gasteiger charge is 2.46. The normalized spacial score (nSPS) is 18.8. The van der Waals surface area contributed by atoms with Gasteiger partial charge in [-0.3, -0.25) is 39.0 Å². The van der Waals surface area contributed by atoms with Crippen molar-refractivity contribution in [1.29, 1.82) is 0 Å². The first-order valence-electron chi connectivity index (χ1n) is 23.4. The molecule has 18 heteroatoms. The zero-order valence-electron chi connectivity index (χ0n) is 37.8. The first kappa shape index (κ1) is 48.6. The minimum Gasteiger partial charge on any atom is -0.507 e. The molecule has 3 fully saturated rings. The van der Waals surface area contributed by atoms with Crippen LogP contribution in [0, 0.1) is 0 Å². The van der Waals surface area contributed by atoms with E-state index in [0.717, 1.165) is 74.5 Å². The molecule has 0 spiro atoms. The second-order valence-corrected chi connectivity index (χ2v) is 17.0. The van der Waals surface area contributed by atoms with E-state index in [1.807, 2.05) is 18.3 Å². The number of phenols is 1. The number of allylic oxidation sites excluding steroid dienone is 1. The van der Waals surface area contributed by atoms with Crippen LogP contribution in [0.4, 0.5) is 11.5 Å². The van der Waals surface area contributed by atoms with E-state index in [4.69, 9.17) is 18.9 Å². The molecule has 4 N–H and O–H groups in total. The van der Waals surface area contributed by atoms with Gasteiger partial charge in [-0.2, -0.15) is 0 Å². The number of likely N-dealkylation sites (tertiary alicyclic amines) is 1. The highest BCUT2D eigenvalue weighted by Crippen LogP contribution is 2.35. The lowest BCUT2D eigenvalue weighted by Crippen LogP contribution is -2.54. The molecule has 18 nitrogen and oxygen atoms in total. The van der Waals surface area contributed by atoms with Gasteiger partial charge in [0.1, 0.15) is 23.4 Å². The van der Waals surface area contributed by atoms with E-state index < -0.39 is 29.7 Å². The zero-order valence-corrected chi connectivity index (χ0v) is 37.8. The summed E-state index contributed by atoms with van der Waals surface area (Å²) in [7, 11) is 0. The Kier molecular flexibility index (Phi) is 17.7. The minimum absolute atomic E-state index is 0.00784. The average Bonchev–Trinajstić information content (AvgIpc) is 4.01. The summed E-state index contributed by atoms with van der Waals surface area (Å²) in [6.07, 6.45) is 12.9. The van der Waals surface area contributed by atoms with Gasteiger partial charge >= 0.3 is 0 Å². The number of ether oxygens (including phenoxy) is 4. The van der Waals surface area contributed by atoms with E-state index in [1.54, 1.807) is 48.7 Å². The lowest BCUT2D eigenvalue weighted by atomic mass is 10.0. The van der Waals surface area contributed by atoms with Crippen molar-refractivity contribution in [2.24, 2.45) is 0 Å². The molecule has 2 aromatic carbocycles. The largest absolute Gasteiger partial charge is 0.507 e. The Bertz CT molecular complexity index is 2240. The van der Waals surface area contributed by atoms with Gasteiger partial charge in [0.2, 0.25) is 17.7 Å². The number of piperidine rings is 1. The number of nitrogens with zero attached hydrogens (tertiary/aromatic N) is 4. The van der Waals surface area contributed by atoms with Gasteiger partial charge in [-0.1, -0.05) is 43.9 Å². The van der Waals surface area contributed by atoms with Crippen molar-refractivity contribution >= 4 is 46.8 Å². The van der Waals surface area contributed by atoms with Crippen LogP contribution in [0.5, 0.6) is 11.5 Å². The molecule has 0 saturated carbocycles. The molecule has 1 unspecified atom stereocenters. The molecular weight excluding hydrogens is 863 g/mol. The lowest BCUT2D eigenvalue weighted by molar-refractivity contribution is -0.136. The van der Waals surface area contributed by atoms with Gasteiger partial charge in [-0.25, -0.2) is 4.98 Å². The Labute approximate surface area is 390 Å². The number of fused-ring (bicyclic) bond motifs is 3. The SMILES string of the molecule is O=C(CCCCCCCCOc1ccc(N2C[C@H]3C[C@@H]2CN3/C=C/C(=O)c2ccccc2O)nc1)NCCOCCOCCOCCNc1cccc2c1C(=O)N(C1CCC(=O)NC1=O)C2=O. The molecular formula is C49H61N7O11. The number of carbonyl (C=O) groups is 6. The average molecular weight is 924 g/mol. The fourth-order valence-corrected chi connectivity index (χ4v) is 8.82. The van der Waals surface area contributed by atoms with Crippen LogP contribution in [0.2, 0.25) is 0 Å². The van der Waals surface area contributed by atoms with E-state index in [-0.39, 0.29) is 41.4 Å². The van der Waals surface area contributed by atoms with E-state index in [9.17, 15) is 33.9 Å². The molecule has 3 saturated heterocycles. The summed E-state index contributed by atoms with van der Waals surface area (Å²) in [6, 6.07) is 15.1. The third-order valence-corrected chi connectivity index (χ3v) is 12.3. The lowest BCUT2D eigenvalue weighted by Gasteiger charge is -2.34.